The zero-order chi connectivity index (χ0) is 14.7. The van der Waals surface area contributed by atoms with Gasteiger partial charge in [0.25, 0.3) is 5.91 Å². The number of hydrogen-bond acceptors (Lipinski definition) is 5. The van der Waals surface area contributed by atoms with Gasteiger partial charge in [0, 0.05) is 12.6 Å². The number of H-pyrrole nitrogens is 1. The van der Waals surface area contributed by atoms with E-state index in [0.717, 1.165) is 11.3 Å². The Morgan fingerprint density at radius 2 is 2.15 bits per heavy atom. The van der Waals surface area contributed by atoms with Gasteiger partial charge in [0.1, 0.15) is 5.75 Å². The molecule has 106 valence electrons. The summed E-state index contributed by atoms with van der Waals surface area (Å²) in [7, 11) is 3.29. The van der Waals surface area contributed by atoms with Crippen LogP contribution in [0.15, 0.2) is 24.3 Å². The maximum atomic E-state index is 12.3. The summed E-state index contributed by atoms with van der Waals surface area (Å²) in [6.45, 7) is 1.91. The molecule has 2 rings (SSSR count). The van der Waals surface area contributed by atoms with E-state index in [-0.39, 0.29) is 23.7 Å². The van der Waals surface area contributed by atoms with Gasteiger partial charge < -0.3 is 15.4 Å². The van der Waals surface area contributed by atoms with Crippen molar-refractivity contribution < 1.29 is 9.53 Å². The van der Waals surface area contributed by atoms with Gasteiger partial charge in [-0.25, -0.2) is 0 Å². The number of aromatic amines is 1. The van der Waals surface area contributed by atoms with E-state index in [4.69, 9.17) is 10.5 Å². The van der Waals surface area contributed by atoms with Crippen molar-refractivity contribution in [3.05, 3.63) is 35.7 Å². The third-order valence-electron chi connectivity index (χ3n) is 3.20. The highest BCUT2D eigenvalue weighted by atomic mass is 16.5. The Labute approximate surface area is 116 Å². The molecule has 0 bridgehead atoms. The summed E-state index contributed by atoms with van der Waals surface area (Å²) in [5.41, 5.74) is 6.32. The SMILES string of the molecule is COc1ccccc1C(C)N(C)C(=O)c1nc(N)n[nH]1. The second-order valence-corrected chi connectivity index (χ2v) is 4.38. The Bertz CT molecular complexity index is 610. The lowest BCUT2D eigenvalue weighted by Gasteiger charge is -2.25. The van der Waals surface area contributed by atoms with Crippen molar-refractivity contribution in [3.8, 4) is 5.75 Å². The molecule has 0 aliphatic rings. The van der Waals surface area contributed by atoms with Gasteiger partial charge in [-0.2, -0.15) is 4.98 Å². The second-order valence-electron chi connectivity index (χ2n) is 4.38. The van der Waals surface area contributed by atoms with Crippen LogP contribution < -0.4 is 10.5 Å². The first-order valence-electron chi connectivity index (χ1n) is 6.12. The van der Waals surface area contributed by atoms with Crippen molar-refractivity contribution in [3.63, 3.8) is 0 Å². The first-order valence-corrected chi connectivity index (χ1v) is 6.12. The quantitative estimate of drug-likeness (QED) is 0.874. The molecule has 1 unspecified atom stereocenters. The Kier molecular flexibility index (Phi) is 3.88. The van der Waals surface area contributed by atoms with E-state index in [1.807, 2.05) is 31.2 Å². The van der Waals surface area contributed by atoms with Gasteiger partial charge in [0.05, 0.1) is 13.2 Å². The fourth-order valence-corrected chi connectivity index (χ4v) is 1.93. The van der Waals surface area contributed by atoms with Crippen LogP contribution in [0.2, 0.25) is 0 Å². The third kappa shape index (κ3) is 2.56. The number of hydrogen-bond donors (Lipinski definition) is 2. The standard InChI is InChI=1S/C13H17N5O2/c1-8(9-6-4-5-7-10(9)20-3)18(2)12(19)11-15-13(14)17-16-11/h4-8H,1-3H3,(H3,14,15,16,17). The second kappa shape index (κ2) is 5.60. The Morgan fingerprint density at radius 1 is 1.45 bits per heavy atom. The summed E-state index contributed by atoms with van der Waals surface area (Å²) >= 11 is 0. The van der Waals surface area contributed by atoms with Crippen LogP contribution in [0.4, 0.5) is 5.95 Å². The number of anilines is 1. The first kappa shape index (κ1) is 13.9. The van der Waals surface area contributed by atoms with Gasteiger partial charge in [-0.1, -0.05) is 18.2 Å². The van der Waals surface area contributed by atoms with Crippen LogP contribution in [0.3, 0.4) is 0 Å². The zero-order valence-corrected chi connectivity index (χ0v) is 11.6. The van der Waals surface area contributed by atoms with E-state index in [0.29, 0.717) is 0 Å². The average Bonchev–Trinajstić information content (AvgIpc) is 2.91. The normalized spacial score (nSPS) is 11.9. The number of nitrogens with two attached hydrogens (primary N) is 1. The van der Waals surface area contributed by atoms with E-state index in [9.17, 15) is 4.79 Å². The van der Waals surface area contributed by atoms with Crippen molar-refractivity contribution in [1.82, 2.24) is 20.1 Å². The molecule has 7 nitrogen and oxygen atoms in total. The van der Waals surface area contributed by atoms with Crippen molar-refractivity contribution in [2.45, 2.75) is 13.0 Å². The van der Waals surface area contributed by atoms with E-state index >= 15 is 0 Å². The summed E-state index contributed by atoms with van der Waals surface area (Å²) in [4.78, 5) is 17.7. The van der Waals surface area contributed by atoms with Gasteiger partial charge in [-0.05, 0) is 13.0 Å². The zero-order valence-electron chi connectivity index (χ0n) is 11.6. The maximum absolute atomic E-state index is 12.3. The number of carbonyl (C=O) groups is 1. The molecular formula is C13H17N5O2. The lowest BCUT2D eigenvalue weighted by Crippen LogP contribution is -2.30. The van der Waals surface area contributed by atoms with Gasteiger partial charge in [-0.15, -0.1) is 5.10 Å². The molecule has 0 aliphatic heterocycles. The number of methoxy groups -OCH3 is 1. The molecule has 1 atom stereocenters. The van der Waals surface area contributed by atoms with E-state index in [1.165, 1.54) is 0 Å². The monoisotopic (exact) mass is 275 g/mol. The van der Waals surface area contributed by atoms with Crippen molar-refractivity contribution >= 4 is 11.9 Å². The minimum Gasteiger partial charge on any atom is -0.496 e. The van der Waals surface area contributed by atoms with Gasteiger partial charge in [0.15, 0.2) is 0 Å². The van der Waals surface area contributed by atoms with Gasteiger partial charge in [0.2, 0.25) is 11.8 Å². The van der Waals surface area contributed by atoms with Crippen LogP contribution in [0.25, 0.3) is 0 Å². The fraction of sp³-hybridized carbons (Fsp3) is 0.308. The molecule has 1 aromatic carbocycles. The first-order chi connectivity index (χ1) is 9.54. The van der Waals surface area contributed by atoms with E-state index < -0.39 is 0 Å². The van der Waals surface area contributed by atoms with Crippen molar-refractivity contribution in [1.29, 1.82) is 0 Å². The van der Waals surface area contributed by atoms with Gasteiger partial charge >= 0.3 is 0 Å². The number of carbonyl (C=O) groups excluding carboxylic acids is 1. The summed E-state index contributed by atoms with van der Waals surface area (Å²) in [6, 6.07) is 7.39. The summed E-state index contributed by atoms with van der Waals surface area (Å²) in [5, 5.41) is 6.17. The number of para-hydroxylation sites is 1. The number of nitrogens with one attached hydrogen (secondary N) is 1. The van der Waals surface area contributed by atoms with Crippen LogP contribution in [-0.4, -0.2) is 40.1 Å². The largest absolute Gasteiger partial charge is 0.496 e. The predicted molar refractivity (Wildman–Crippen MR) is 74.3 cm³/mol. The number of nitrogen functional groups attached to an aromatic ring is 1. The minimum atomic E-state index is -0.285. The highest BCUT2D eigenvalue weighted by molar-refractivity contribution is 5.90. The summed E-state index contributed by atoms with van der Waals surface area (Å²) in [6.07, 6.45) is 0. The molecule has 0 aliphatic carbocycles. The minimum absolute atomic E-state index is 0.0479. The lowest BCUT2D eigenvalue weighted by molar-refractivity contribution is 0.0729. The number of amides is 1. The molecule has 1 amide bonds. The Morgan fingerprint density at radius 3 is 2.75 bits per heavy atom. The molecule has 0 saturated carbocycles. The Hall–Kier alpha value is -2.57. The van der Waals surface area contributed by atoms with Gasteiger partial charge in [-0.3, -0.25) is 9.89 Å². The number of rotatable bonds is 4. The topological polar surface area (TPSA) is 97.1 Å². The molecule has 0 fully saturated rings. The smallest absolute Gasteiger partial charge is 0.291 e. The highest BCUT2D eigenvalue weighted by Gasteiger charge is 2.23. The van der Waals surface area contributed by atoms with Crippen molar-refractivity contribution in [2.75, 3.05) is 19.9 Å². The molecule has 2 aromatic rings. The fourth-order valence-electron chi connectivity index (χ4n) is 1.93. The molecule has 7 heteroatoms. The number of ether oxygens (including phenoxy) is 1. The van der Waals surface area contributed by atoms with Crippen LogP contribution in [0.5, 0.6) is 5.75 Å². The highest BCUT2D eigenvalue weighted by Crippen LogP contribution is 2.28. The molecule has 1 heterocycles. The van der Waals surface area contributed by atoms with Crippen LogP contribution in [-0.2, 0) is 0 Å². The number of benzene rings is 1. The number of nitrogens with zero attached hydrogens (tertiary/aromatic N) is 3. The maximum Gasteiger partial charge on any atom is 0.291 e. The molecule has 3 N–H and O–H groups in total. The molecule has 20 heavy (non-hydrogen) atoms. The Balaban J connectivity index is 2.24. The van der Waals surface area contributed by atoms with Crippen LogP contribution >= 0.6 is 0 Å². The predicted octanol–water partition coefficient (Wildman–Crippen LogP) is 1.23. The number of aromatic nitrogens is 3. The molecule has 0 spiro atoms. The third-order valence-corrected chi connectivity index (χ3v) is 3.20. The van der Waals surface area contributed by atoms with E-state index in [2.05, 4.69) is 15.2 Å². The molecular weight excluding hydrogens is 258 g/mol. The molecule has 0 radical (unpaired) electrons. The van der Waals surface area contributed by atoms with E-state index in [1.54, 1.807) is 19.1 Å². The van der Waals surface area contributed by atoms with Crippen LogP contribution in [0, 0.1) is 0 Å². The summed E-state index contributed by atoms with van der Waals surface area (Å²) < 4.78 is 5.31. The average molecular weight is 275 g/mol. The molecule has 1 aromatic heterocycles. The summed E-state index contributed by atoms with van der Waals surface area (Å²) in [5.74, 6) is 0.614. The van der Waals surface area contributed by atoms with Crippen molar-refractivity contribution in [2.24, 2.45) is 0 Å². The lowest BCUT2D eigenvalue weighted by atomic mass is 10.1. The molecule has 0 saturated heterocycles. The van der Waals surface area contributed by atoms with Crippen LogP contribution in [0.1, 0.15) is 29.1 Å².